The van der Waals surface area contributed by atoms with Gasteiger partial charge in [-0.1, -0.05) is 43.3 Å². The zero-order valence-electron chi connectivity index (χ0n) is 23.8. The van der Waals surface area contributed by atoms with E-state index in [-0.39, 0.29) is 31.5 Å². The van der Waals surface area contributed by atoms with Gasteiger partial charge in [0.2, 0.25) is 19.9 Å². The summed E-state index contributed by atoms with van der Waals surface area (Å²) < 4.78 is 61.4. The minimum absolute atomic E-state index is 0.0159. The molecule has 0 unspecified atom stereocenters. The van der Waals surface area contributed by atoms with E-state index in [0.717, 1.165) is 12.0 Å². The summed E-state index contributed by atoms with van der Waals surface area (Å²) in [6, 6.07) is 23.8. The average molecular weight is 621 g/mol. The van der Waals surface area contributed by atoms with Crippen LogP contribution in [0.5, 0.6) is 5.75 Å². The maximum Gasteiger partial charge on any atom is 0.255 e. The molecule has 224 valence electrons. The smallest absolute Gasteiger partial charge is 0.255 e. The molecule has 2 atom stereocenters. The van der Waals surface area contributed by atoms with E-state index in [9.17, 15) is 26.7 Å². The second-order valence-corrected chi connectivity index (χ2v) is 14.5. The third kappa shape index (κ3) is 6.21. The number of aliphatic hydroxyl groups excluding tert-OH is 1. The number of aryl methyl sites for hydroxylation is 1. The lowest BCUT2D eigenvalue weighted by molar-refractivity contribution is -0.0603. The molecule has 0 spiro atoms. The van der Waals surface area contributed by atoms with Crippen molar-refractivity contribution in [1.29, 1.82) is 0 Å². The first-order valence-electron chi connectivity index (χ1n) is 13.7. The van der Waals surface area contributed by atoms with Gasteiger partial charge in [0, 0.05) is 16.8 Å². The molecule has 1 aliphatic heterocycles. The van der Waals surface area contributed by atoms with E-state index in [4.69, 9.17) is 4.74 Å². The molecule has 1 aliphatic rings. The number of rotatable bonds is 8. The van der Waals surface area contributed by atoms with Crippen LogP contribution >= 0.6 is 0 Å². The first-order valence-corrected chi connectivity index (χ1v) is 16.6. The molecular weight excluding hydrogens is 588 g/mol. The van der Waals surface area contributed by atoms with Crippen LogP contribution in [-0.2, 0) is 26.3 Å². The lowest BCUT2D eigenvalue weighted by Crippen LogP contribution is -2.53. The molecule has 4 aromatic carbocycles. The topological polar surface area (TPSA) is 139 Å². The fraction of sp³-hybridized carbons (Fsp3) is 0.219. The van der Waals surface area contributed by atoms with Crippen LogP contribution in [0, 0.1) is 0 Å². The van der Waals surface area contributed by atoms with Gasteiger partial charge < -0.3 is 15.2 Å². The Labute approximate surface area is 251 Å². The molecule has 11 heteroatoms. The molecule has 9 nitrogen and oxygen atoms in total. The number of sulfone groups is 1. The second kappa shape index (κ2) is 11.6. The summed E-state index contributed by atoms with van der Waals surface area (Å²) in [6.07, 6.45) is -0.533. The number of nitrogens with one attached hydrogen (secondary N) is 2. The van der Waals surface area contributed by atoms with Gasteiger partial charge in [-0.25, -0.2) is 21.6 Å². The lowest BCUT2D eigenvalue weighted by Gasteiger charge is -2.42. The summed E-state index contributed by atoms with van der Waals surface area (Å²) in [4.78, 5) is 13.5. The summed E-state index contributed by atoms with van der Waals surface area (Å²) in [6.45, 7) is 5.26. The Morgan fingerprint density at radius 2 is 1.51 bits per heavy atom. The summed E-state index contributed by atoms with van der Waals surface area (Å²) in [7, 11) is -7.86. The minimum Gasteiger partial charge on any atom is -0.485 e. The van der Waals surface area contributed by atoms with Crippen LogP contribution in [0.1, 0.15) is 48.3 Å². The molecule has 0 aliphatic carbocycles. The third-order valence-electron chi connectivity index (χ3n) is 7.39. The molecule has 1 heterocycles. The number of amides is 1. The normalized spacial score (nSPS) is 17.9. The highest BCUT2D eigenvalue weighted by atomic mass is 32.2. The molecule has 0 radical (unpaired) electrons. The molecule has 0 saturated carbocycles. The van der Waals surface area contributed by atoms with E-state index in [1.165, 1.54) is 54.6 Å². The van der Waals surface area contributed by atoms with Crippen molar-refractivity contribution >= 4 is 31.5 Å². The van der Waals surface area contributed by atoms with E-state index < -0.39 is 43.5 Å². The number of anilines is 1. The predicted octanol–water partition coefficient (Wildman–Crippen LogP) is 4.89. The maximum absolute atomic E-state index is 13.4. The predicted molar refractivity (Wildman–Crippen MR) is 162 cm³/mol. The van der Waals surface area contributed by atoms with E-state index in [0.29, 0.717) is 5.75 Å². The summed E-state index contributed by atoms with van der Waals surface area (Å²) in [5.74, 6) is -0.245. The van der Waals surface area contributed by atoms with Gasteiger partial charge in [-0.15, -0.1) is 0 Å². The number of aliphatic hydroxyl groups is 1. The summed E-state index contributed by atoms with van der Waals surface area (Å²) >= 11 is 0. The quantitative estimate of drug-likeness (QED) is 0.255. The monoisotopic (exact) mass is 620 g/mol. The standard InChI is InChI=1S/C32H32N2O7S2/c1-4-21-13-16-25(17-14-21)43(39,40)34-29-27-19-22(15-18-28(27)41-32(2,3)30(29)35)31(36)33-23-9-8-12-26(20-23)42(37,38)24-10-6-5-7-11-24/h5-20,29-30,34-35H,4H2,1-3H3,(H,33,36)/t29-,30+/m1/s1. The highest BCUT2D eigenvalue weighted by Gasteiger charge is 2.45. The van der Waals surface area contributed by atoms with Gasteiger partial charge in [-0.2, -0.15) is 0 Å². The van der Waals surface area contributed by atoms with Gasteiger partial charge in [0.15, 0.2) is 0 Å². The zero-order chi connectivity index (χ0) is 31.0. The number of hydrogen-bond acceptors (Lipinski definition) is 7. The van der Waals surface area contributed by atoms with Crippen molar-refractivity contribution in [2.45, 2.75) is 59.6 Å². The Kier molecular flexibility index (Phi) is 8.19. The first-order chi connectivity index (χ1) is 20.3. The van der Waals surface area contributed by atoms with Crippen LogP contribution in [0.2, 0.25) is 0 Å². The van der Waals surface area contributed by atoms with Gasteiger partial charge in [-0.05, 0) is 86.5 Å². The van der Waals surface area contributed by atoms with E-state index in [1.807, 2.05) is 6.92 Å². The van der Waals surface area contributed by atoms with Gasteiger partial charge in [0.1, 0.15) is 17.5 Å². The van der Waals surface area contributed by atoms with Gasteiger partial charge in [0.05, 0.1) is 20.7 Å². The van der Waals surface area contributed by atoms with E-state index in [1.54, 1.807) is 56.3 Å². The molecule has 43 heavy (non-hydrogen) atoms. The summed E-state index contributed by atoms with van der Waals surface area (Å²) in [5, 5.41) is 13.9. The average Bonchev–Trinajstić information content (AvgIpc) is 2.99. The van der Waals surface area contributed by atoms with Crippen LogP contribution in [-0.4, -0.2) is 39.6 Å². The minimum atomic E-state index is -4.06. The van der Waals surface area contributed by atoms with Crippen molar-refractivity contribution in [3.05, 3.63) is 114 Å². The van der Waals surface area contributed by atoms with Crippen molar-refractivity contribution in [3.8, 4) is 5.75 Å². The van der Waals surface area contributed by atoms with Gasteiger partial charge >= 0.3 is 0 Å². The second-order valence-electron chi connectivity index (χ2n) is 10.8. The van der Waals surface area contributed by atoms with Crippen molar-refractivity contribution in [2.75, 3.05) is 5.32 Å². The number of carbonyl (C=O) groups is 1. The Hall–Kier alpha value is -4.03. The molecule has 0 fully saturated rings. The van der Waals surface area contributed by atoms with Crippen LogP contribution in [0.3, 0.4) is 0 Å². The maximum atomic E-state index is 13.4. The van der Waals surface area contributed by atoms with Crippen LogP contribution in [0.4, 0.5) is 5.69 Å². The number of sulfonamides is 1. The van der Waals surface area contributed by atoms with Gasteiger partial charge in [-0.3, -0.25) is 4.79 Å². The largest absolute Gasteiger partial charge is 0.485 e. The molecule has 1 amide bonds. The van der Waals surface area contributed by atoms with Crippen LogP contribution < -0.4 is 14.8 Å². The van der Waals surface area contributed by atoms with Crippen molar-refractivity contribution in [3.63, 3.8) is 0 Å². The molecule has 0 aromatic heterocycles. The number of carbonyl (C=O) groups excluding carboxylic acids is 1. The van der Waals surface area contributed by atoms with Crippen molar-refractivity contribution in [1.82, 2.24) is 4.72 Å². The Balaban J connectivity index is 1.44. The number of ether oxygens (including phenoxy) is 1. The number of fused-ring (bicyclic) bond motifs is 1. The molecule has 3 N–H and O–H groups in total. The first kappa shape index (κ1) is 30.4. The third-order valence-corrected chi connectivity index (χ3v) is 10.6. The van der Waals surface area contributed by atoms with Gasteiger partial charge in [0.25, 0.3) is 5.91 Å². The highest BCUT2D eigenvalue weighted by molar-refractivity contribution is 7.91. The Morgan fingerprint density at radius 3 is 2.19 bits per heavy atom. The van der Waals surface area contributed by atoms with Crippen LogP contribution in [0.15, 0.2) is 112 Å². The summed E-state index contributed by atoms with van der Waals surface area (Å²) in [5.41, 5.74) is 0.539. The number of hydrogen-bond donors (Lipinski definition) is 3. The lowest BCUT2D eigenvalue weighted by atomic mass is 9.86. The fourth-order valence-electron chi connectivity index (χ4n) is 4.89. The number of benzene rings is 4. The highest BCUT2D eigenvalue weighted by Crippen LogP contribution is 2.41. The molecule has 0 bridgehead atoms. The van der Waals surface area contributed by atoms with Crippen molar-refractivity contribution in [2.24, 2.45) is 0 Å². The fourth-order valence-corrected chi connectivity index (χ4v) is 7.44. The van der Waals surface area contributed by atoms with E-state index in [2.05, 4.69) is 10.0 Å². The molecule has 0 saturated heterocycles. The zero-order valence-corrected chi connectivity index (χ0v) is 25.4. The Bertz CT molecular complexity index is 1870. The Morgan fingerprint density at radius 1 is 0.837 bits per heavy atom. The van der Waals surface area contributed by atoms with Crippen LogP contribution in [0.25, 0.3) is 0 Å². The SMILES string of the molecule is CCc1ccc(S(=O)(=O)N[C@@H]2c3cc(C(=O)Nc4cccc(S(=O)(=O)c5ccccc5)c4)ccc3OC(C)(C)[C@H]2O)cc1. The van der Waals surface area contributed by atoms with E-state index >= 15 is 0 Å². The van der Waals surface area contributed by atoms with Crippen molar-refractivity contribution < 1.29 is 31.5 Å². The molecule has 5 rings (SSSR count). The molecule has 4 aromatic rings. The molecular formula is C32H32N2O7S2.